The molecule has 0 saturated carbocycles. The van der Waals surface area contributed by atoms with Gasteiger partial charge >= 0.3 is 5.97 Å². The largest absolute Gasteiger partial charge is 0.507 e. The molecule has 2 aromatic rings. The third-order valence-electron chi connectivity index (χ3n) is 4.19. The van der Waals surface area contributed by atoms with Crippen LogP contribution >= 0.6 is 0 Å². The number of carboxylic acids is 1. The zero-order chi connectivity index (χ0) is 19.9. The van der Waals surface area contributed by atoms with Gasteiger partial charge in [-0.2, -0.15) is 0 Å². The fourth-order valence-corrected chi connectivity index (χ4v) is 4.26. The number of methoxy groups -OCH3 is 1. The van der Waals surface area contributed by atoms with E-state index in [0.717, 1.165) is 0 Å². The molecule has 0 bridgehead atoms. The Morgan fingerprint density at radius 2 is 1.65 bits per heavy atom. The normalized spacial score (nSPS) is 12.0. The van der Waals surface area contributed by atoms with E-state index >= 15 is 0 Å². The predicted molar refractivity (Wildman–Crippen MR) is 96.9 cm³/mol. The molecular formula is C19H22O6S. The fraction of sp³-hybridized carbons (Fsp3) is 0.316. The van der Waals surface area contributed by atoms with E-state index in [9.17, 15) is 23.4 Å². The summed E-state index contributed by atoms with van der Waals surface area (Å²) in [6.07, 6.45) is 0. The Kier molecular flexibility index (Phi) is 5.05. The zero-order valence-corrected chi connectivity index (χ0v) is 16.1. The van der Waals surface area contributed by atoms with E-state index < -0.39 is 32.5 Å². The van der Waals surface area contributed by atoms with Gasteiger partial charge in [0.1, 0.15) is 17.1 Å². The highest BCUT2D eigenvalue weighted by atomic mass is 32.2. The van der Waals surface area contributed by atoms with Crippen molar-refractivity contribution in [1.82, 2.24) is 0 Å². The van der Waals surface area contributed by atoms with Gasteiger partial charge < -0.3 is 14.9 Å². The predicted octanol–water partition coefficient (Wildman–Crippen LogP) is 3.54. The Balaban J connectivity index is 2.82. The summed E-state index contributed by atoms with van der Waals surface area (Å²) in [6, 6.07) is 7.20. The van der Waals surface area contributed by atoms with Crippen molar-refractivity contribution >= 4 is 15.8 Å². The number of rotatable bonds is 4. The second-order valence-corrected chi connectivity index (χ2v) is 8.92. The number of aromatic hydroxyl groups is 1. The molecule has 6 nitrogen and oxygen atoms in total. The summed E-state index contributed by atoms with van der Waals surface area (Å²) in [5.41, 5.74) is -0.789. The minimum atomic E-state index is -3.98. The molecule has 0 aliphatic carbocycles. The molecule has 0 atom stereocenters. The molecule has 0 fully saturated rings. The number of carbonyl (C=O) groups is 1. The van der Waals surface area contributed by atoms with Gasteiger partial charge in [-0.25, -0.2) is 13.2 Å². The van der Waals surface area contributed by atoms with Crippen LogP contribution in [0.2, 0.25) is 0 Å². The SMILES string of the molecule is COc1ccc(S(=O)(=O)c2cc(C(C)(C)C)c(O)c(C(=O)O)c2C)cc1. The van der Waals surface area contributed by atoms with E-state index in [-0.39, 0.29) is 20.9 Å². The number of hydrogen-bond acceptors (Lipinski definition) is 5. The van der Waals surface area contributed by atoms with E-state index in [1.807, 2.05) is 0 Å². The molecule has 7 heteroatoms. The van der Waals surface area contributed by atoms with E-state index in [1.54, 1.807) is 20.8 Å². The minimum absolute atomic E-state index is 0.00109. The topological polar surface area (TPSA) is 101 Å². The van der Waals surface area contributed by atoms with Gasteiger partial charge in [0.25, 0.3) is 0 Å². The van der Waals surface area contributed by atoms with E-state index in [4.69, 9.17) is 4.74 Å². The van der Waals surface area contributed by atoms with Gasteiger partial charge in [0.15, 0.2) is 0 Å². The number of aromatic carboxylic acids is 1. The molecule has 0 aliphatic rings. The molecule has 0 aliphatic heterocycles. The van der Waals surface area contributed by atoms with Crippen LogP contribution in [0.4, 0.5) is 0 Å². The monoisotopic (exact) mass is 378 g/mol. The second-order valence-electron chi connectivity index (χ2n) is 7.00. The van der Waals surface area contributed by atoms with Crippen LogP contribution < -0.4 is 4.74 Å². The third-order valence-corrected chi connectivity index (χ3v) is 6.09. The molecule has 0 heterocycles. The first-order valence-electron chi connectivity index (χ1n) is 7.90. The van der Waals surface area contributed by atoms with Crippen LogP contribution in [0.5, 0.6) is 11.5 Å². The van der Waals surface area contributed by atoms with Crippen molar-refractivity contribution in [2.45, 2.75) is 42.9 Å². The van der Waals surface area contributed by atoms with Gasteiger partial charge in [-0.1, -0.05) is 20.8 Å². The van der Waals surface area contributed by atoms with E-state index in [0.29, 0.717) is 5.75 Å². The van der Waals surface area contributed by atoms with Crippen molar-refractivity contribution in [3.8, 4) is 11.5 Å². The van der Waals surface area contributed by atoms with Crippen molar-refractivity contribution in [1.29, 1.82) is 0 Å². The van der Waals surface area contributed by atoms with Crippen LogP contribution in [0.3, 0.4) is 0 Å². The summed E-state index contributed by atoms with van der Waals surface area (Å²) < 4.78 is 31.2. The first-order valence-corrected chi connectivity index (χ1v) is 9.39. The van der Waals surface area contributed by atoms with Crippen molar-refractivity contribution in [2.75, 3.05) is 7.11 Å². The fourth-order valence-electron chi connectivity index (χ4n) is 2.74. The lowest BCUT2D eigenvalue weighted by atomic mass is 9.84. The Morgan fingerprint density at radius 1 is 1.12 bits per heavy atom. The lowest BCUT2D eigenvalue weighted by molar-refractivity contribution is 0.0692. The van der Waals surface area contributed by atoms with Crippen LogP contribution in [0.15, 0.2) is 40.1 Å². The zero-order valence-electron chi connectivity index (χ0n) is 15.3. The average molecular weight is 378 g/mol. The summed E-state index contributed by atoms with van der Waals surface area (Å²) >= 11 is 0. The minimum Gasteiger partial charge on any atom is -0.507 e. The first-order chi connectivity index (χ1) is 11.9. The number of hydrogen-bond donors (Lipinski definition) is 2. The first kappa shape index (κ1) is 19.8. The molecular weight excluding hydrogens is 356 g/mol. The molecule has 0 unspecified atom stereocenters. The Morgan fingerprint density at radius 3 is 2.08 bits per heavy atom. The number of sulfone groups is 1. The highest BCUT2D eigenvalue weighted by Gasteiger charge is 2.31. The summed E-state index contributed by atoms with van der Waals surface area (Å²) in [6.45, 7) is 6.69. The summed E-state index contributed by atoms with van der Waals surface area (Å²) in [5, 5.41) is 19.9. The Hall–Kier alpha value is -2.54. The smallest absolute Gasteiger partial charge is 0.339 e. The summed E-state index contributed by atoms with van der Waals surface area (Å²) in [7, 11) is -2.51. The van der Waals surface area contributed by atoms with Crippen LogP contribution in [-0.4, -0.2) is 31.7 Å². The molecule has 0 saturated heterocycles. The van der Waals surface area contributed by atoms with E-state index in [2.05, 4.69) is 0 Å². The number of phenols is 1. The van der Waals surface area contributed by atoms with Crippen LogP contribution in [0, 0.1) is 6.92 Å². The van der Waals surface area contributed by atoms with Crippen molar-refractivity contribution in [3.05, 3.63) is 47.0 Å². The maximum atomic E-state index is 13.1. The second kappa shape index (κ2) is 6.64. The van der Waals surface area contributed by atoms with E-state index in [1.165, 1.54) is 44.4 Å². The molecule has 0 spiro atoms. The van der Waals surface area contributed by atoms with Gasteiger partial charge in [-0.15, -0.1) is 0 Å². The standard InChI is InChI=1S/C19H22O6S/c1-11-15(26(23,24)13-8-6-12(25-5)7-9-13)10-14(19(2,3)4)17(20)16(11)18(21)22/h6-10,20H,1-5H3,(H,21,22). The third kappa shape index (κ3) is 3.39. The lowest BCUT2D eigenvalue weighted by Crippen LogP contribution is -2.17. The highest BCUT2D eigenvalue weighted by Crippen LogP contribution is 2.39. The van der Waals surface area contributed by atoms with Crippen molar-refractivity contribution < 1.29 is 28.2 Å². The van der Waals surface area contributed by atoms with Crippen molar-refractivity contribution in [3.63, 3.8) is 0 Å². The van der Waals surface area contributed by atoms with Gasteiger partial charge in [0.05, 0.1) is 16.9 Å². The number of carboxylic acid groups (broad SMARTS) is 1. The van der Waals surface area contributed by atoms with Gasteiger partial charge in [0, 0.05) is 5.56 Å². The van der Waals surface area contributed by atoms with Gasteiger partial charge in [-0.05, 0) is 48.2 Å². The van der Waals surface area contributed by atoms with Gasteiger partial charge in [-0.3, -0.25) is 0 Å². The van der Waals surface area contributed by atoms with Crippen molar-refractivity contribution in [2.24, 2.45) is 0 Å². The summed E-state index contributed by atoms with van der Waals surface area (Å²) in [5.74, 6) is -1.28. The quantitative estimate of drug-likeness (QED) is 0.844. The lowest BCUT2D eigenvalue weighted by Gasteiger charge is -2.24. The molecule has 140 valence electrons. The maximum Gasteiger partial charge on any atom is 0.339 e. The Labute approximate surface area is 153 Å². The average Bonchev–Trinajstić information content (AvgIpc) is 2.53. The summed E-state index contributed by atoms with van der Waals surface area (Å²) in [4.78, 5) is 11.5. The highest BCUT2D eigenvalue weighted by molar-refractivity contribution is 7.91. The molecule has 2 rings (SSSR count). The molecule has 0 radical (unpaired) electrons. The molecule has 0 amide bonds. The maximum absolute atomic E-state index is 13.1. The molecule has 0 aromatic heterocycles. The number of ether oxygens (including phenoxy) is 1. The van der Waals surface area contributed by atoms with Crippen LogP contribution in [0.1, 0.15) is 42.3 Å². The molecule has 2 aromatic carbocycles. The molecule has 2 N–H and O–H groups in total. The van der Waals surface area contributed by atoms with Gasteiger partial charge in [0.2, 0.25) is 9.84 Å². The Bertz CT molecular complexity index is 951. The molecule has 26 heavy (non-hydrogen) atoms. The van der Waals surface area contributed by atoms with Crippen LogP contribution in [0.25, 0.3) is 0 Å². The van der Waals surface area contributed by atoms with Crippen LogP contribution in [-0.2, 0) is 15.3 Å². The number of benzene rings is 2.